The Hall–Kier alpha value is -1.50. The van der Waals surface area contributed by atoms with Crippen molar-refractivity contribution in [1.82, 2.24) is 5.32 Å². The molecular weight excluding hydrogens is 394 g/mol. The normalized spacial score (nSPS) is 43.3. The van der Waals surface area contributed by atoms with Crippen LogP contribution in [0.1, 0.15) is 60.3 Å². The summed E-state index contributed by atoms with van der Waals surface area (Å²) >= 11 is 0. The van der Waals surface area contributed by atoms with Crippen molar-refractivity contribution in [2.75, 3.05) is 7.11 Å². The molecule has 6 heteroatoms. The van der Waals surface area contributed by atoms with Gasteiger partial charge in [-0.3, -0.25) is 9.59 Å². The number of Topliss-reactive ketones (excluding diaryl/α,β-unsaturated/α-hetero) is 1. The quantitative estimate of drug-likeness (QED) is 0.470. The number of hydrogen-bond donors (Lipinski definition) is 3. The number of carbonyl (C=O) groups excluding carboxylic acids is 2. The van der Waals surface area contributed by atoms with Gasteiger partial charge in [-0.2, -0.15) is 0 Å². The highest BCUT2D eigenvalue weighted by Gasteiger charge is 2.65. The number of aliphatic hydroxyl groups is 2. The van der Waals surface area contributed by atoms with Gasteiger partial charge < -0.3 is 20.3 Å². The zero-order valence-electron chi connectivity index (χ0n) is 19.7. The Balaban J connectivity index is 2.19. The third-order valence-electron chi connectivity index (χ3n) is 7.83. The molecule has 3 rings (SSSR count). The van der Waals surface area contributed by atoms with Crippen molar-refractivity contribution in [2.24, 2.45) is 29.1 Å². The van der Waals surface area contributed by atoms with Crippen LogP contribution in [0, 0.1) is 29.1 Å². The highest BCUT2D eigenvalue weighted by Crippen LogP contribution is 2.55. The Labute approximate surface area is 186 Å². The summed E-state index contributed by atoms with van der Waals surface area (Å²) in [4.78, 5) is 27.7. The van der Waals surface area contributed by atoms with Gasteiger partial charge in [-0.15, -0.1) is 0 Å². The van der Waals surface area contributed by atoms with E-state index in [1.165, 1.54) is 12.7 Å². The molecule has 1 aliphatic heterocycles. The zero-order valence-corrected chi connectivity index (χ0v) is 19.7. The molecule has 0 radical (unpaired) electrons. The van der Waals surface area contributed by atoms with Crippen LogP contribution in [0.3, 0.4) is 0 Å². The van der Waals surface area contributed by atoms with Crippen LogP contribution in [0.15, 0.2) is 23.3 Å². The van der Waals surface area contributed by atoms with Crippen molar-refractivity contribution in [3.63, 3.8) is 0 Å². The SMILES string of the molecule is CO[C@@H]1CC(=O)[C@]23C(=O)N[C@H](CC(C)C)[C@@H]2[C@H](C)C(C)=C[C@@H]3/C=C(\C)CC[C@@H](O)[C@@H]1O. The minimum absolute atomic E-state index is 0.0760. The van der Waals surface area contributed by atoms with Crippen LogP contribution in [0.2, 0.25) is 0 Å². The lowest BCUT2D eigenvalue weighted by atomic mass is 9.54. The molecule has 174 valence electrons. The second kappa shape index (κ2) is 9.16. The standard InChI is InChI=1S/C25H39NO5/c1-13(2)9-18-22-16(5)15(4)11-17-10-14(3)7-8-19(27)23(29)20(31-6)12-21(28)25(17,22)24(30)26-18/h10-11,13,16-20,22-23,27,29H,7-9,12H2,1-6H3,(H,26,30)/b14-10+/t16-,17+,18-,19-,20-,22+,23+,25+/m1/s1. The van der Waals surface area contributed by atoms with Crippen LogP contribution in [-0.4, -0.2) is 53.4 Å². The molecule has 1 heterocycles. The van der Waals surface area contributed by atoms with Gasteiger partial charge in [0.2, 0.25) is 5.91 Å². The average molecular weight is 434 g/mol. The molecule has 1 saturated heterocycles. The predicted octanol–water partition coefficient (Wildman–Crippen LogP) is 2.78. The third kappa shape index (κ3) is 4.14. The number of allylic oxidation sites excluding steroid dienone is 4. The van der Waals surface area contributed by atoms with E-state index in [1.807, 2.05) is 13.0 Å². The van der Waals surface area contributed by atoms with Crippen LogP contribution < -0.4 is 5.32 Å². The Bertz CT molecular complexity index is 772. The summed E-state index contributed by atoms with van der Waals surface area (Å²) in [6.07, 6.45) is 2.79. The largest absolute Gasteiger partial charge is 0.390 e. The van der Waals surface area contributed by atoms with Crippen molar-refractivity contribution in [3.8, 4) is 0 Å². The lowest BCUT2D eigenvalue weighted by Gasteiger charge is -2.45. The van der Waals surface area contributed by atoms with Gasteiger partial charge in [-0.1, -0.05) is 44.1 Å². The Morgan fingerprint density at radius 2 is 1.90 bits per heavy atom. The van der Waals surface area contributed by atoms with Crippen LogP contribution in [0.4, 0.5) is 0 Å². The molecule has 1 amide bonds. The summed E-state index contributed by atoms with van der Waals surface area (Å²) in [6.45, 7) is 10.4. The molecular formula is C25H39NO5. The molecule has 3 aliphatic rings. The van der Waals surface area contributed by atoms with Crippen molar-refractivity contribution >= 4 is 11.7 Å². The lowest BCUT2D eigenvalue weighted by molar-refractivity contribution is -0.149. The van der Waals surface area contributed by atoms with Crippen LogP contribution in [-0.2, 0) is 14.3 Å². The highest BCUT2D eigenvalue weighted by molar-refractivity contribution is 6.09. The predicted molar refractivity (Wildman–Crippen MR) is 119 cm³/mol. The number of hydrogen-bond acceptors (Lipinski definition) is 5. The van der Waals surface area contributed by atoms with E-state index in [4.69, 9.17) is 4.74 Å². The van der Waals surface area contributed by atoms with Gasteiger partial charge in [0.05, 0.1) is 12.2 Å². The van der Waals surface area contributed by atoms with E-state index < -0.39 is 23.7 Å². The van der Waals surface area contributed by atoms with Gasteiger partial charge in [-0.25, -0.2) is 0 Å². The Morgan fingerprint density at radius 3 is 2.52 bits per heavy atom. The summed E-state index contributed by atoms with van der Waals surface area (Å²) < 4.78 is 5.45. The van der Waals surface area contributed by atoms with E-state index in [2.05, 4.69) is 39.1 Å². The first kappa shape index (κ1) is 24.1. The lowest BCUT2D eigenvalue weighted by Crippen LogP contribution is -2.54. The second-order valence-corrected chi connectivity index (χ2v) is 10.3. The maximum Gasteiger partial charge on any atom is 0.235 e. The third-order valence-corrected chi connectivity index (χ3v) is 7.83. The number of ether oxygens (including phenoxy) is 1. The summed E-state index contributed by atoms with van der Waals surface area (Å²) in [7, 11) is 1.44. The topological polar surface area (TPSA) is 95.9 Å². The van der Waals surface area contributed by atoms with Crippen LogP contribution in [0.25, 0.3) is 0 Å². The molecule has 1 fully saturated rings. The molecule has 0 aromatic carbocycles. The van der Waals surface area contributed by atoms with Crippen molar-refractivity contribution in [3.05, 3.63) is 23.3 Å². The average Bonchev–Trinajstić information content (AvgIpc) is 2.98. The summed E-state index contributed by atoms with van der Waals surface area (Å²) in [5, 5.41) is 24.3. The fraction of sp³-hybridized carbons (Fsp3) is 0.760. The maximum absolute atomic E-state index is 14.0. The summed E-state index contributed by atoms with van der Waals surface area (Å²) in [5.74, 6) is -0.445. The number of nitrogens with one attached hydrogen (secondary N) is 1. The van der Waals surface area contributed by atoms with E-state index in [0.717, 1.165) is 12.0 Å². The number of carbonyl (C=O) groups is 2. The summed E-state index contributed by atoms with van der Waals surface area (Å²) in [6, 6.07) is -0.0760. The maximum atomic E-state index is 14.0. The molecule has 8 atom stereocenters. The number of aliphatic hydroxyl groups excluding tert-OH is 2. The molecule has 31 heavy (non-hydrogen) atoms. The molecule has 6 nitrogen and oxygen atoms in total. The van der Waals surface area contributed by atoms with Crippen molar-refractivity contribution < 1.29 is 24.5 Å². The Morgan fingerprint density at radius 1 is 1.23 bits per heavy atom. The van der Waals surface area contributed by atoms with Crippen molar-refractivity contribution in [2.45, 2.75) is 84.7 Å². The van der Waals surface area contributed by atoms with Crippen LogP contribution >= 0.6 is 0 Å². The van der Waals surface area contributed by atoms with Gasteiger partial charge in [0.25, 0.3) is 0 Å². The highest BCUT2D eigenvalue weighted by atomic mass is 16.5. The number of methoxy groups -OCH3 is 1. The van der Waals surface area contributed by atoms with Gasteiger partial charge in [-0.05, 0) is 44.9 Å². The molecule has 1 spiro atoms. The first-order valence-corrected chi connectivity index (χ1v) is 11.6. The van der Waals surface area contributed by atoms with E-state index in [-0.39, 0.29) is 41.9 Å². The monoisotopic (exact) mass is 433 g/mol. The first-order valence-electron chi connectivity index (χ1n) is 11.6. The minimum atomic E-state index is -1.22. The van der Waals surface area contributed by atoms with E-state index in [0.29, 0.717) is 18.8 Å². The molecule has 0 unspecified atom stereocenters. The van der Waals surface area contributed by atoms with Crippen LogP contribution in [0.5, 0.6) is 0 Å². The molecule has 0 aromatic heterocycles. The second-order valence-electron chi connectivity index (χ2n) is 10.3. The molecule has 2 aliphatic carbocycles. The molecule has 0 aromatic rings. The Kier molecular flexibility index (Phi) is 7.14. The number of ketones is 1. The van der Waals surface area contributed by atoms with Gasteiger partial charge >= 0.3 is 0 Å². The van der Waals surface area contributed by atoms with Gasteiger partial charge in [0, 0.05) is 31.4 Å². The minimum Gasteiger partial charge on any atom is -0.390 e. The van der Waals surface area contributed by atoms with E-state index in [1.54, 1.807) is 0 Å². The van der Waals surface area contributed by atoms with Gasteiger partial charge in [0.1, 0.15) is 11.5 Å². The molecule has 0 saturated carbocycles. The first-order chi connectivity index (χ1) is 14.5. The fourth-order valence-electron chi connectivity index (χ4n) is 6.08. The van der Waals surface area contributed by atoms with Gasteiger partial charge in [0.15, 0.2) is 5.78 Å². The molecule has 0 bridgehead atoms. The zero-order chi connectivity index (χ0) is 23.1. The van der Waals surface area contributed by atoms with E-state index >= 15 is 0 Å². The molecule has 3 N–H and O–H groups in total. The summed E-state index contributed by atoms with van der Waals surface area (Å²) in [5.41, 5.74) is 0.994. The smallest absolute Gasteiger partial charge is 0.235 e. The number of amides is 1. The fourth-order valence-corrected chi connectivity index (χ4v) is 6.08. The van der Waals surface area contributed by atoms with E-state index in [9.17, 15) is 19.8 Å². The van der Waals surface area contributed by atoms with Crippen molar-refractivity contribution in [1.29, 1.82) is 0 Å². The number of rotatable bonds is 3.